The minimum absolute atomic E-state index is 0.221. The first-order chi connectivity index (χ1) is 11.5. The molecule has 124 valence electrons. The highest BCUT2D eigenvalue weighted by molar-refractivity contribution is 6.31. The number of rotatable bonds is 2. The minimum atomic E-state index is -0.221. The monoisotopic (exact) mass is 341 g/mol. The Morgan fingerprint density at radius 2 is 2.00 bits per heavy atom. The van der Waals surface area contributed by atoms with Gasteiger partial charge in [0.15, 0.2) is 0 Å². The Morgan fingerprint density at radius 1 is 1.17 bits per heavy atom. The predicted molar refractivity (Wildman–Crippen MR) is 100 cm³/mol. The molecule has 0 aromatic heterocycles. The maximum absolute atomic E-state index is 12.9. The van der Waals surface area contributed by atoms with Gasteiger partial charge in [-0.15, -0.1) is 0 Å². The highest BCUT2D eigenvalue weighted by atomic mass is 35.5. The summed E-state index contributed by atoms with van der Waals surface area (Å²) < 4.78 is 0. The zero-order valence-electron chi connectivity index (χ0n) is 13.8. The van der Waals surface area contributed by atoms with Gasteiger partial charge in [-0.3, -0.25) is 9.89 Å². The van der Waals surface area contributed by atoms with E-state index in [2.05, 4.69) is 17.2 Å². The van der Waals surface area contributed by atoms with Crippen molar-refractivity contribution in [3.63, 3.8) is 0 Å². The second-order valence-corrected chi connectivity index (χ2v) is 6.38. The summed E-state index contributed by atoms with van der Waals surface area (Å²) in [5.74, 6) is 0.804. The van der Waals surface area contributed by atoms with Gasteiger partial charge in [-0.1, -0.05) is 23.7 Å². The van der Waals surface area contributed by atoms with Crippen molar-refractivity contribution in [2.24, 2.45) is 4.99 Å². The number of halogens is 1. The van der Waals surface area contributed by atoms with Gasteiger partial charge in [-0.05, 0) is 61.7 Å². The van der Waals surface area contributed by atoms with Crippen LogP contribution in [0.5, 0.6) is 0 Å². The van der Waals surface area contributed by atoms with Crippen molar-refractivity contribution < 1.29 is 4.79 Å². The zero-order chi connectivity index (χ0) is 17.1. The zero-order valence-corrected chi connectivity index (χ0v) is 14.6. The maximum atomic E-state index is 12.9. The summed E-state index contributed by atoms with van der Waals surface area (Å²) in [7, 11) is 0. The second kappa shape index (κ2) is 7.05. The smallest absolute Gasteiger partial charge is 0.307 e. The van der Waals surface area contributed by atoms with Gasteiger partial charge < -0.3 is 5.32 Å². The fourth-order valence-corrected chi connectivity index (χ4v) is 2.89. The molecular weight excluding hydrogens is 322 g/mol. The van der Waals surface area contributed by atoms with Crippen LogP contribution in [0.4, 0.5) is 16.2 Å². The Morgan fingerprint density at radius 3 is 2.67 bits per heavy atom. The van der Waals surface area contributed by atoms with E-state index >= 15 is 0 Å². The maximum Gasteiger partial charge on any atom is 0.331 e. The number of hydrogen-bond acceptors (Lipinski definition) is 2. The molecule has 1 aliphatic rings. The third-order valence-corrected chi connectivity index (χ3v) is 4.37. The third-order valence-electron chi connectivity index (χ3n) is 4.14. The number of aliphatic imine (C=N–C) groups is 1. The van der Waals surface area contributed by atoms with Gasteiger partial charge in [-0.2, -0.15) is 0 Å². The van der Waals surface area contributed by atoms with Crippen LogP contribution in [0, 0.1) is 13.8 Å². The Hall–Kier alpha value is -2.33. The number of carbonyl (C=O) groups is 1. The molecule has 2 amide bonds. The van der Waals surface area contributed by atoms with E-state index in [1.54, 1.807) is 17.0 Å². The number of carbonyl (C=O) groups excluding carboxylic acids is 1. The van der Waals surface area contributed by atoms with Crippen LogP contribution >= 0.6 is 11.6 Å². The molecule has 2 aromatic carbocycles. The summed E-state index contributed by atoms with van der Waals surface area (Å²) in [4.78, 5) is 19.1. The molecule has 3 rings (SSSR count). The summed E-state index contributed by atoms with van der Waals surface area (Å²) in [5, 5.41) is 3.50. The molecule has 0 saturated carbocycles. The molecule has 0 aliphatic carbocycles. The molecule has 0 saturated heterocycles. The normalized spacial score (nSPS) is 13.5. The van der Waals surface area contributed by atoms with E-state index in [-0.39, 0.29) is 6.03 Å². The fourth-order valence-electron chi connectivity index (χ4n) is 2.70. The van der Waals surface area contributed by atoms with Gasteiger partial charge in [0.25, 0.3) is 0 Å². The lowest BCUT2D eigenvalue weighted by atomic mass is 10.1. The molecule has 1 aliphatic heterocycles. The largest absolute Gasteiger partial charge is 0.331 e. The van der Waals surface area contributed by atoms with Gasteiger partial charge in [0.05, 0.1) is 5.69 Å². The molecule has 2 aromatic rings. The topological polar surface area (TPSA) is 44.7 Å². The van der Waals surface area contributed by atoms with Crippen molar-refractivity contribution in [1.82, 2.24) is 0 Å². The van der Waals surface area contributed by atoms with Crippen molar-refractivity contribution >= 4 is 34.8 Å². The predicted octanol–water partition coefficient (Wildman–Crippen LogP) is 5.19. The lowest BCUT2D eigenvalue weighted by Gasteiger charge is -2.24. The van der Waals surface area contributed by atoms with Gasteiger partial charge >= 0.3 is 6.03 Å². The number of nitrogens with zero attached hydrogens (tertiary/aromatic N) is 2. The van der Waals surface area contributed by atoms with Crippen LogP contribution in [-0.4, -0.2) is 18.4 Å². The van der Waals surface area contributed by atoms with Crippen molar-refractivity contribution in [2.75, 3.05) is 16.8 Å². The fraction of sp³-hybridized carbons (Fsp3) is 0.263. The molecule has 4 nitrogen and oxygen atoms in total. The first-order valence-electron chi connectivity index (χ1n) is 8.02. The number of amides is 2. The highest BCUT2D eigenvalue weighted by Crippen LogP contribution is 2.24. The van der Waals surface area contributed by atoms with Gasteiger partial charge in [0.2, 0.25) is 0 Å². The average Bonchev–Trinajstić information content (AvgIpc) is 3.05. The Kier molecular flexibility index (Phi) is 4.86. The first-order valence-corrected chi connectivity index (χ1v) is 8.39. The van der Waals surface area contributed by atoms with E-state index in [9.17, 15) is 4.79 Å². The minimum Gasteiger partial charge on any atom is -0.307 e. The van der Waals surface area contributed by atoms with E-state index in [4.69, 9.17) is 11.6 Å². The molecular formula is C19H20ClN3O. The van der Waals surface area contributed by atoms with Crippen molar-refractivity contribution in [2.45, 2.75) is 26.7 Å². The van der Waals surface area contributed by atoms with Crippen LogP contribution in [0.3, 0.4) is 0 Å². The van der Waals surface area contributed by atoms with Crippen molar-refractivity contribution in [1.29, 1.82) is 0 Å². The molecule has 0 unspecified atom stereocenters. The van der Waals surface area contributed by atoms with Crippen LogP contribution in [0.25, 0.3) is 0 Å². The highest BCUT2D eigenvalue weighted by Gasteiger charge is 2.24. The molecule has 0 atom stereocenters. The third kappa shape index (κ3) is 3.60. The molecule has 0 fully saturated rings. The standard InChI is InChI=1S/C19H20ClN3O/c1-13-8-9-17(11-14(13)2)23(18-7-4-10-21-18)19(24)22-16-6-3-5-15(20)12-16/h3,5-6,8-9,11-12H,4,7,10H2,1-2H3,(H,22,24). The molecule has 5 heteroatoms. The van der Waals surface area contributed by atoms with E-state index in [1.165, 1.54) is 5.56 Å². The number of nitrogens with one attached hydrogen (secondary N) is 1. The molecule has 24 heavy (non-hydrogen) atoms. The van der Waals surface area contributed by atoms with Gasteiger partial charge in [0.1, 0.15) is 5.84 Å². The quantitative estimate of drug-likeness (QED) is 0.802. The summed E-state index contributed by atoms with van der Waals surface area (Å²) in [6, 6.07) is 12.9. The Balaban J connectivity index is 1.92. The summed E-state index contributed by atoms with van der Waals surface area (Å²) >= 11 is 6.00. The average molecular weight is 342 g/mol. The molecule has 0 spiro atoms. The summed E-state index contributed by atoms with van der Waals surface area (Å²) in [6.45, 7) is 4.87. The number of aryl methyl sites for hydroxylation is 2. The Labute approximate surface area is 147 Å². The van der Waals surface area contributed by atoms with Crippen LogP contribution in [-0.2, 0) is 0 Å². The number of urea groups is 1. The van der Waals surface area contributed by atoms with E-state index in [0.717, 1.165) is 36.5 Å². The van der Waals surface area contributed by atoms with Crippen LogP contribution in [0.15, 0.2) is 47.5 Å². The Bertz CT molecular complexity index is 801. The molecule has 1 heterocycles. The van der Waals surface area contributed by atoms with Crippen LogP contribution in [0.1, 0.15) is 24.0 Å². The number of hydrogen-bond donors (Lipinski definition) is 1. The molecule has 0 radical (unpaired) electrons. The van der Waals surface area contributed by atoms with E-state index in [0.29, 0.717) is 10.7 Å². The number of benzene rings is 2. The summed E-state index contributed by atoms with van der Waals surface area (Å²) in [5.41, 5.74) is 3.84. The van der Waals surface area contributed by atoms with Gasteiger partial charge in [-0.25, -0.2) is 4.79 Å². The van der Waals surface area contributed by atoms with E-state index in [1.807, 2.05) is 37.3 Å². The second-order valence-electron chi connectivity index (χ2n) is 5.95. The SMILES string of the molecule is Cc1ccc(N(C(=O)Nc2cccc(Cl)c2)C2=NCCC2)cc1C. The lowest BCUT2D eigenvalue weighted by molar-refractivity contribution is 0.259. The van der Waals surface area contributed by atoms with E-state index < -0.39 is 0 Å². The molecule has 0 bridgehead atoms. The van der Waals surface area contributed by atoms with Crippen molar-refractivity contribution in [3.05, 3.63) is 58.6 Å². The number of amidine groups is 1. The lowest BCUT2D eigenvalue weighted by Crippen LogP contribution is -2.39. The first kappa shape index (κ1) is 16.5. The summed E-state index contributed by atoms with van der Waals surface area (Å²) in [6.07, 6.45) is 1.77. The molecule has 1 N–H and O–H groups in total. The van der Waals surface area contributed by atoms with Crippen LogP contribution in [0.2, 0.25) is 5.02 Å². The van der Waals surface area contributed by atoms with Crippen molar-refractivity contribution in [3.8, 4) is 0 Å². The number of anilines is 2. The van der Waals surface area contributed by atoms with Gasteiger partial charge in [0, 0.05) is 23.7 Å². The van der Waals surface area contributed by atoms with Crippen LogP contribution < -0.4 is 10.2 Å².